The number of hydrogen-bond acceptors (Lipinski definition) is 5. The molecule has 0 aliphatic heterocycles. The highest BCUT2D eigenvalue weighted by atomic mass is 35.5. The van der Waals surface area contributed by atoms with E-state index in [0.717, 1.165) is 16.0 Å². The van der Waals surface area contributed by atoms with Crippen LogP contribution in [0.25, 0.3) is 0 Å². The number of halogens is 1. The Kier molecular flexibility index (Phi) is 9.55. The smallest absolute Gasteiger partial charge is 0.258 e. The molecule has 3 rings (SSSR count). The first-order valence-electron chi connectivity index (χ1n) is 10.7. The van der Waals surface area contributed by atoms with E-state index >= 15 is 0 Å². The number of amides is 2. The third-order valence-electron chi connectivity index (χ3n) is 4.81. The molecule has 0 saturated carbocycles. The van der Waals surface area contributed by atoms with E-state index in [4.69, 9.17) is 16.3 Å². The lowest BCUT2D eigenvalue weighted by molar-refractivity contribution is -0.123. The second-order valence-corrected chi connectivity index (χ2v) is 9.36. The predicted octanol–water partition coefficient (Wildman–Crippen LogP) is 5.23. The molecule has 176 valence electrons. The van der Waals surface area contributed by atoms with E-state index in [9.17, 15) is 9.59 Å². The van der Waals surface area contributed by atoms with Gasteiger partial charge in [0.1, 0.15) is 5.75 Å². The lowest BCUT2D eigenvalue weighted by atomic mass is 10.1. The van der Waals surface area contributed by atoms with E-state index < -0.39 is 0 Å². The molecule has 0 aliphatic rings. The minimum atomic E-state index is -0.315. The minimum absolute atomic E-state index is 0.0795. The molecule has 0 bridgehead atoms. The maximum absolute atomic E-state index is 12.2. The Balaban J connectivity index is 1.41. The highest BCUT2D eigenvalue weighted by Gasteiger charge is 2.13. The van der Waals surface area contributed by atoms with Crippen molar-refractivity contribution in [2.45, 2.75) is 30.0 Å². The van der Waals surface area contributed by atoms with Gasteiger partial charge in [-0.2, -0.15) is 5.10 Å². The first-order valence-corrected chi connectivity index (χ1v) is 12.0. The summed E-state index contributed by atoms with van der Waals surface area (Å²) in [6.45, 7) is 3.66. The quantitative estimate of drug-likeness (QED) is 0.229. The molecule has 0 spiro atoms. The summed E-state index contributed by atoms with van der Waals surface area (Å²) in [4.78, 5) is 25.4. The first kappa shape index (κ1) is 25.3. The summed E-state index contributed by atoms with van der Waals surface area (Å²) < 4.78 is 5.56. The number of nitrogens with one attached hydrogen (secondary N) is 2. The molecule has 34 heavy (non-hydrogen) atoms. The average molecular weight is 496 g/mol. The van der Waals surface area contributed by atoms with Crippen LogP contribution in [0.3, 0.4) is 0 Å². The van der Waals surface area contributed by atoms with Gasteiger partial charge < -0.3 is 10.1 Å². The number of nitrogens with zero attached hydrogens (tertiary/aromatic N) is 1. The van der Waals surface area contributed by atoms with E-state index in [0.29, 0.717) is 10.8 Å². The van der Waals surface area contributed by atoms with Crippen molar-refractivity contribution in [3.05, 3.63) is 95.0 Å². The number of benzene rings is 3. The van der Waals surface area contributed by atoms with Crippen molar-refractivity contribution in [1.82, 2.24) is 10.7 Å². The molecule has 0 aliphatic carbocycles. The van der Waals surface area contributed by atoms with Crippen LogP contribution in [0.2, 0.25) is 5.02 Å². The highest BCUT2D eigenvalue weighted by molar-refractivity contribution is 8.00. The zero-order chi connectivity index (χ0) is 24.3. The maximum atomic E-state index is 12.2. The van der Waals surface area contributed by atoms with Crippen molar-refractivity contribution in [1.29, 1.82) is 0 Å². The van der Waals surface area contributed by atoms with Gasteiger partial charge in [-0.05, 0) is 73.5 Å². The third-order valence-corrected chi connectivity index (χ3v) is 6.18. The molecule has 0 saturated heterocycles. The van der Waals surface area contributed by atoms with Gasteiger partial charge >= 0.3 is 0 Å². The van der Waals surface area contributed by atoms with Crippen LogP contribution in [0.1, 0.15) is 31.0 Å². The van der Waals surface area contributed by atoms with E-state index in [2.05, 4.69) is 15.8 Å². The minimum Gasteiger partial charge on any atom is -0.484 e. The normalized spacial score (nSPS) is 12.7. The van der Waals surface area contributed by atoms with Crippen LogP contribution in [0.4, 0.5) is 0 Å². The van der Waals surface area contributed by atoms with Crippen molar-refractivity contribution in [3.63, 3.8) is 0 Å². The van der Waals surface area contributed by atoms with Crippen LogP contribution in [0, 0.1) is 0 Å². The van der Waals surface area contributed by atoms with Gasteiger partial charge in [-0.1, -0.05) is 41.9 Å². The Morgan fingerprint density at radius 1 is 1.00 bits per heavy atom. The Bertz CT molecular complexity index is 1110. The molecule has 0 unspecified atom stereocenters. The van der Waals surface area contributed by atoms with Gasteiger partial charge in [-0.15, -0.1) is 11.8 Å². The summed E-state index contributed by atoms with van der Waals surface area (Å²) >= 11 is 7.31. The van der Waals surface area contributed by atoms with Crippen LogP contribution in [0.5, 0.6) is 5.75 Å². The van der Waals surface area contributed by atoms with Crippen molar-refractivity contribution in [3.8, 4) is 5.75 Å². The molecular formula is C26H26ClN3O3S. The SMILES string of the molecule is C[C@H](NC(=O)COc1ccc(/C=N\NC(=O)[C@@H](C)Sc2ccc(Cl)cc2)cc1)c1ccccc1. The van der Waals surface area contributed by atoms with Gasteiger partial charge in [0.2, 0.25) is 0 Å². The van der Waals surface area contributed by atoms with E-state index in [1.54, 1.807) is 42.6 Å². The molecule has 8 heteroatoms. The van der Waals surface area contributed by atoms with Gasteiger partial charge in [0.25, 0.3) is 11.8 Å². The molecule has 0 radical (unpaired) electrons. The standard InChI is InChI=1S/C26H26ClN3O3S/c1-18(21-6-4-3-5-7-21)29-25(31)17-33-23-12-8-20(9-13-23)16-28-30-26(32)19(2)34-24-14-10-22(27)11-15-24/h3-16,18-19H,17H2,1-2H3,(H,29,31)(H,30,32)/b28-16-/t18-,19+/m0/s1. The maximum Gasteiger partial charge on any atom is 0.258 e. The Labute approximate surface area is 208 Å². The predicted molar refractivity (Wildman–Crippen MR) is 137 cm³/mol. The molecule has 0 heterocycles. The number of hydrazone groups is 1. The van der Waals surface area contributed by atoms with E-state index in [1.165, 1.54) is 11.8 Å². The third kappa shape index (κ3) is 8.24. The largest absolute Gasteiger partial charge is 0.484 e. The summed E-state index contributed by atoms with van der Waals surface area (Å²) in [7, 11) is 0. The molecule has 3 aromatic rings. The van der Waals surface area contributed by atoms with Crippen LogP contribution < -0.4 is 15.5 Å². The fourth-order valence-electron chi connectivity index (χ4n) is 2.94. The summed E-state index contributed by atoms with van der Waals surface area (Å²) in [6.07, 6.45) is 1.55. The monoisotopic (exact) mass is 495 g/mol. The Morgan fingerprint density at radius 3 is 2.35 bits per heavy atom. The number of rotatable bonds is 10. The molecule has 2 N–H and O–H groups in total. The number of carbonyl (C=O) groups excluding carboxylic acids is 2. The van der Waals surface area contributed by atoms with Gasteiger partial charge in [-0.3, -0.25) is 9.59 Å². The summed E-state index contributed by atoms with van der Waals surface area (Å²) in [5.74, 6) is 0.166. The number of ether oxygens (including phenoxy) is 1. The molecule has 2 atom stereocenters. The van der Waals surface area contributed by atoms with Crippen molar-refractivity contribution in [2.24, 2.45) is 5.10 Å². The molecule has 0 aromatic heterocycles. The van der Waals surface area contributed by atoms with Gasteiger partial charge in [0.05, 0.1) is 17.5 Å². The molecule has 6 nitrogen and oxygen atoms in total. The molecular weight excluding hydrogens is 470 g/mol. The summed E-state index contributed by atoms with van der Waals surface area (Å²) in [6, 6.07) is 24.0. The van der Waals surface area contributed by atoms with E-state index in [-0.39, 0.29) is 29.7 Å². The topological polar surface area (TPSA) is 79.8 Å². The number of thioether (sulfide) groups is 1. The highest BCUT2D eigenvalue weighted by Crippen LogP contribution is 2.24. The van der Waals surface area contributed by atoms with Crippen LogP contribution in [0.15, 0.2) is 88.9 Å². The summed E-state index contributed by atoms with van der Waals surface area (Å²) in [5.41, 5.74) is 4.37. The van der Waals surface area contributed by atoms with Crippen LogP contribution in [-0.4, -0.2) is 29.9 Å². The zero-order valence-electron chi connectivity index (χ0n) is 18.9. The Morgan fingerprint density at radius 2 is 1.68 bits per heavy atom. The summed E-state index contributed by atoms with van der Waals surface area (Å²) in [5, 5.41) is 7.27. The van der Waals surface area contributed by atoms with Crippen molar-refractivity contribution < 1.29 is 14.3 Å². The number of hydrogen-bond donors (Lipinski definition) is 2. The second-order valence-electron chi connectivity index (χ2n) is 7.51. The lowest BCUT2D eigenvalue weighted by Crippen LogP contribution is -2.31. The average Bonchev–Trinajstić information content (AvgIpc) is 2.85. The first-order chi connectivity index (χ1) is 16.4. The van der Waals surface area contributed by atoms with Crippen LogP contribution >= 0.6 is 23.4 Å². The van der Waals surface area contributed by atoms with Gasteiger partial charge in [0, 0.05) is 9.92 Å². The number of carbonyl (C=O) groups is 2. The van der Waals surface area contributed by atoms with Crippen molar-refractivity contribution in [2.75, 3.05) is 6.61 Å². The fourth-order valence-corrected chi connectivity index (χ4v) is 3.93. The zero-order valence-corrected chi connectivity index (χ0v) is 20.5. The fraction of sp³-hybridized carbons (Fsp3) is 0.192. The van der Waals surface area contributed by atoms with E-state index in [1.807, 2.05) is 56.3 Å². The van der Waals surface area contributed by atoms with Crippen molar-refractivity contribution >= 4 is 41.4 Å². The van der Waals surface area contributed by atoms with Gasteiger partial charge in [0.15, 0.2) is 6.61 Å². The van der Waals surface area contributed by atoms with Crippen LogP contribution in [-0.2, 0) is 9.59 Å². The Hall–Kier alpha value is -3.29. The molecule has 3 aromatic carbocycles. The molecule has 0 fully saturated rings. The van der Waals surface area contributed by atoms with Gasteiger partial charge in [-0.25, -0.2) is 5.43 Å². The second kappa shape index (κ2) is 12.8. The lowest BCUT2D eigenvalue weighted by Gasteiger charge is -2.14. The molecule has 2 amide bonds.